The number of H-pyrrole nitrogens is 1. The van der Waals surface area contributed by atoms with E-state index in [9.17, 15) is 4.79 Å². The second-order valence-corrected chi connectivity index (χ2v) is 6.91. The lowest BCUT2D eigenvalue weighted by Gasteiger charge is -2.21. The van der Waals surface area contributed by atoms with Crippen LogP contribution in [0, 0.1) is 5.92 Å². The monoisotopic (exact) mass is 318 g/mol. The predicted octanol–water partition coefficient (Wildman–Crippen LogP) is 2.99. The topological polar surface area (TPSA) is 79.4 Å². The smallest absolute Gasteiger partial charge is 0.254 e. The summed E-state index contributed by atoms with van der Waals surface area (Å²) in [6, 6.07) is 0. The van der Waals surface area contributed by atoms with Crippen molar-refractivity contribution in [1.82, 2.24) is 15.5 Å². The Labute approximate surface area is 137 Å². The number of nitrogens with zero attached hydrogens (tertiary/aromatic N) is 2. The first kappa shape index (κ1) is 16.0. The molecule has 6 heteroatoms. The van der Waals surface area contributed by atoms with Crippen LogP contribution >= 0.6 is 0 Å². The Kier molecular flexibility index (Phi) is 4.98. The fraction of sp³-hybridized carbons (Fsp3) is 0.706. The molecule has 1 fully saturated rings. The molecule has 1 atom stereocenters. The van der Waals surface area contributed by atoms with Gasteiger partial charge in [-0.3, -0.25) is 9.89 Å². The quantitative estimate of drug-likeness (QED) is 0.876. The van der Waals surface area contributed by atoms with E-state index in [1.54, 1.807) is 6.20 Å². The first-order chi connectivity index (χ1) is 11.1. The maximum absolute atomic E-state index is 12.5. The molecule has 0 bridgehead atoms. The summed E-state index contributed by atoms with van der Waals surface area (Å²) >= 11 is 0. The lowest BCUT2D eigenvalue weighted by molar-refractivity contribution is 0.0752. The third-order valence-corrected chi connectivity index (χ3v) is 4.84. The highest BCUT2D eigenvalue weighted by atomic mass is 16.6. The summed E-state index contributed by atoms with van der Waals surface area (Å²) in [7, 11) is 0. The predicted molar refractivity (Wildman–Crippen MR) is 88.5 cm³/mol. The van der Waals surface area contributed by atoms with Crippen LogP contribution in [0.3, 0.4) is 0 Å². The third kappa shape index (κ3) is 3.74. The third-order valence-electron chi connectivity index (χ3n) is 4.84. The molecule has 126 valence electrons. The lowest BCUT2D eigenvalue weighted by Crippen LogP contribution is -2.33. The Bertz CT molecular complexity index is 573. The van der Waals surface area contributed by atoms with Gasteiger partial charge in [-0.1, -0.05) is 38.3 Å². The number of aromatic amines is 1. The van der Waals surface area contributed by atoms with Crippen LogP contribution in [0.4, 0.5) is 0 Å². The van der Waals surface area contributed by atoms with E-state index in [0.29, 0.717) is 23.9 Å². The van der Waals surface area contributed by atoms with Gasteiger partial charge in [-0.15, -0.1) is 0 Å². The van der Waals surface area contributed by atoms with Crippen molar-refractivity contribution in [2.75, 3.05) is 6.54 Å². The van der Waals surface area contributed by atoms with E-state index in [4.69, 9.17) is 4.84 Å². The summed E-state index contributed by atoms with van der Waals surface area (Å²) in [5.74, 6) is 0.758. The minimum Gasteiger partial charge on any atom is -0.390 e. The van der Waals surface area contributed by atoms with Gasteiger partial charge in [0.25, 0.3) is 5.91 Å². The second-order valence-electron chi connectivity index (χ2n) is 6.91. The summed E-state index contributed by atoms with van der Waals surface area (Å²) in [5, 5.41) is 14.2. The highest BCUT2D eigenvalue weighted by Crippen LogP contribution is 2.33. The molecule has 0 spiro atoms. The van der Waals surface area contributed by atoms with Crippen LogP contribution in [0.15, 0.2) is 11.4 Å². The van der Waals surface area contributed by atoms with E-state index in [1.807, 2.05) is 0 Å². The largest absolute Gasteiger partial charge is 0.390 e. The van der Waals surface area contributed by atoms with Crippen molar-refractivity contribution in [1.29, 1.82) is 0 Å². The zero-order valence-electron chi connectivity index (χ0n) is 14.0. The molecule has 23 heavy (non-hydrogen) atoms. The maximum Gasteiger partial charge on any atom is 0.254 e. The maximum atomic E-state index is 12.5. The van der Waals surface area contributed by atoms with Gasteiger partial charge in [0.1, 0.15) is 6.10 Å². The molecule has 1 amide bonds. The van der Waals surface area contributed by atoms with Crippen LogP contribution in [0.5, 0.6) is 0 Å². The molecule has 0 unspecified atom stereocenters. The van der Waals surface area contributed by atoms with Gasteiger partial charge in [0, 0.05) is 12.3 Å². The molecule has 1 aliphatic heterocycles. The van der Waals surface area contributed by atoms with Crippen LogP contribution in [0.1, 0.15) is 74.3 Å². The first-order valence-corrected chi connectivity index (χ1v) is 8.69. The normalized spacial score (nSPS) is 22.0. The van der Waals surface area contributed by atoms with Gasteiger partial charge in [-0.25, -0.2) is 0 Å². The van der Waals surface area contributed by atoms with Gasteiger partial charge in [-0.2, -0.15) is 5.10 Å². The van der Waals surface area contributed by atoms with Gasteiger partial charge >= 0.3 is 0 Å². The number of hydrogen-bond acceptors (Lipinski definition) is 4. The lowest BCUT2D eigenvalue weighted by atomic mass is 9.85. The summed E-state index contributed by atoms with van der Waals surface area (Å²) in [4.78, 5) is 17.9. The molecular weight excluding hydrogens is 292 g/mol. The van der Waals surface area contributed by atoms with Crippen LogP contribution in [0.25, 0.3) is 0 Å². The summed E-state index contributed by atoms with van der Waals surface area (Å²) in [6.07, 6.45) is 8.42. The van der Waals surface area contributed by atoms with Gasteiger partial charge in [0.05, 0.1) is 29.7 Å². The van der Waals surface area contributed by atoms with E-state index in [-0.39, 0.29) is 12.0 Å². The molecule has 3 rings (SSSR count). The number of aromatic nitrogens is 2. The van der Waals surface area contributed by atoms with Crippen molar-refractivity contribution in [3.05, 3.63) is 17.5 Å². The molecular formula is C17H26N4O2. The highest BCUT2D eigenvalue weighted by Gasteiger charge is 2.26. The minimum atomic E-state index is -0.0686. The molecule has 1 aliphatic carbocycles. The first-order valence-electron chi connectivity index (χ1n) is 8.69. The van der Waals surface area contributed by atoms with E-state index < -0.39 is 0 Å². The second kappa shape index (κ2) is 7.15. The number of rotatable bonds is 5. The van der Waals surface area contributed by atoms with E-state index in [0.717, 1.165) is 30.7 Å². The average Bonchev–Trinajstić information content (AvgIpc) is 3.23. The van der Waals surface area contributed by atoms with Crippen LogP contribution in [0.2, 0.25) is 0 Å². The van der Waals surface area contributed by atoms with Crippen molar-refractivity contribution in [3.8, 4) is 0 Å². The molecule has 2 N–H and O–H groups in total. The Morgan fingerprint density at radius 3 is 2.87 bits per heavy atom. The Morgan fingerprint density at radius 2 is 2.17 bits per heavy atom. The van der Waals surface area contributed by atoms with Crippen LogP contribution in [-0.2, 0) is 4.84 Å². The standard InChI is InChI=1S/C17H26N4O2/c1-11(2)15-8-13(23-21-15)9-18-17(22)14-10-19-20-16(14)12-6-4-3-5-7-12/h10-13H,3-9H2,1-2H3,(H,18,22)(H,19,20)/t13-/m1/s1. The van der Waals surface area contributed by atoms with Crippen molar-refractivity contribution in [2.24, 2.45) is 11.1 Å². The summed E-state index contributed by atoms with van der Waals surface area (Å²) in [6.45, 7) is 4.68. The summed E-state index contributed by atoms with van der Waals surface area (Å²) in [5.41, 5.74) is 2.74. The Hall–Kier alpha value is -1.85. The van der Waals surface area contributed by atoms with Crippen LogP contribution < -0.4 is 5.32 Å². The van der Waals surface area contributed by atoms with Gasteiger partial charge in [0.2, 0.25) is 0 Å². The van der Waals surface area contributed by atoms with E-state index in [1.165, 1.54) is 19.3 Å². The molecule has 0 radical (unpaired) electrons. The molecule has 1 aromatic rings. The van der Waals surface area contributed by atoms with E-state index in [2.05, 4.69) is 34.5 Å². The SMILES string of the molecule is CC(C)C1=NO[C@@H](CNC(=O)c2cn[nH]c2C2CCCCC2)C1. The number of hydrogen-bond donors (Lipinski definition) is 2. The fourth-order valence-electron chi connectivity index (χ4n) is 3.38. The molecule has 2 aliphatic rings. The zero-order valence-corrected chi connectivity index (χ0v) is 14.0. The van der Waals surface area contributed by atoms with Gasteiger partial charge in [0.15, 0.2) is 0 Å². The molecule has 2 heterocycles. The number of carbonyl (C=O) groups is 1. The molecule has 6 nitrogen and oxygen atoms in total. The zero-order chi connectivity index (χ0) is 16.2. The Morgan fingerprint density at radius 1 is 1.39 bits per heavy atom. The molecule has 0 aromatic carbocycles. The molecule has 1 saturated carbocycles. The van der Waals surface area contributed by atoms with Gasteiger partial charge in [-0.05, 0) is 18.8 Å². The number of oxime groups is 1. The van der Waals surface area contributed by atoms with E-state index >= 15 is 0 Å². The van der Waals surface area contributed by atoms with Gasteiger partial charge < -0.3 is 10.2 Å². The molecule has 1 aromatic heterocycles. The number of nitrogens with one attached hydrogen (secondary N) is 2. The number of carbonyl (C=O) groups excluding carboxylic acids is 1. The number of amides is 1. The van der Waals surface area contributed by atoms with Crippen molar-refractivity contribution in [3.63, 3.8) is 0 Å². The fourth-order valence-corrected chi connectivity index (χ4v) is 3.38. The molecule has 0 saturated heterocycles. The Balaban J connectivity index is 1.54. The summed E-state index contributed by atoms with van der Waals surface area (Å²) < 4.78 is 0. The van der Waals surface area contributed by atoms with Crippen molar-refractivity contribution >= 4 is 11.6 Å². The minimum absolute atomic E-state index is 0.0543. The highest BCUT2D eigenvalue weighted by molar-refractivity contribution is 5.95. The van der Waals surface area contributed by atoms with Crippen molar-refractivity contribution in [2.45, 2.75) is 64.4 Å². The van der Waals surface area contributed by atoms with Crippen molar-refractivity contribution < 1.29 is 9.63 Å². The average molecular weight is 318 g/mol. The van der Waals surface area contributed by atoms with Crippen LogP contribution in [-0.4, -0.2) is 34.5 Å².